The number of benzene rings is 1. The Morgan fingerprint density at radius 1 is 1.30 bits per heavy atom. The number of hydrogen-bond donors (Lipinski definition) is 2. The molecule has 1 aromatic carbocycles. The van der Waals surface area contributed by atoms with E-state index in [0.717, 1.165) is 25.2 Å². The summed E-state index contributed by atoms with van der Waals surface area (Å²) in [5.74, 6) is -0.0504. The predicted molar refractivity (Wildman–Crippen MR) is 80.5 cm³/mol. The number of aliphatic hydroxyl groups excluding tert-OH is 1. The van der Waals surface area contributed by atoms with Crippen molar-refractivity contribution >= 4 is 11.6 Å². The first-order valence-corrected chi connectivity index (χ1v) is 7.40. The van der Waals surface area contributed by atoms with Gasteiger partial charge in [0.1, 0.15) is 0 Å². The van der Waals surface area contributed by atoms with Gasteiger partial charge in [-0.15, -0.1) is 0 Å². The molecule has 1 atom stereocenters. The van der Waals surface area contributed by atoms with E-state index < -0.39 is 0 Å². The van der Waals surface area contributed by atoms with Gasteiger partial charge < -0.3 is 10.4 Å². The standard InChI is InChI=1S/C16H24N2O2/c1-13(20)17-15-8-6-14(7-9-15)11-18-10-4-2-3-5-16(18)12-19/h6-9,16,19H,2-5,10-12H2,1H3,(H,17,20). The van der Waals surface area contributed by atoms with Crippen molar-refractivity contribution in [3.8, 4) is 0 Å². The molecule has 1 aliphatic heterocycles. The second-order valence-corrected chi connectivity index (χ2v) is 5.53. The molecule has 20 heavy (non-hydrogen) atoms. The molecule has 1 unspecified atom stereocenters. The Bertz CT molecular complexity index is 431. The van der Waals surface area contributed by atoms with E-state index in [0.29, 0.717) is 0 Å². The molecule has 0 bridgehead atoms. The third-order valence-corrected chi connectivity index (χ3v) is 3.87. The highest BCUT2D eigenvalue weighted by Gasteiger charge is 2.20. The summed E-state index contributed by atoms with van der Waals surface area (Å²) >= 11 is 0. The zero-order valence-corrected chi connectivity index (χ0v) is 12.1. The van der Waals surface area contributed by atoms with Crippen LogP contribution in [0.4, 0.5) is 5.69 Å². The van der Waals surface area contributed by atoms with E-state index in [1.165, 1.54) is 31.7 Å². The van der Waals surface area contributed by atoms with Gasteiger partial charge in [0.15, 0.2) is 0 Å². The second kappa shape index (κ2) is 7.41. The number of carbonyl (C=O) groups excluding carboxylic acids is 1. The van der Waals surface area contributed by atoms with Crippen LogP contribution in [0.5, 0.6) is 0 Å². The minimum atomic E-state index is -0.0504. The van der Waals surface area contributed by atoms with Crippen molar-refractivity contribution < 1.29 is 9.90 Å². The summed E-state index contributed by atoms with van der Waals surface area (Å²) in [6, 6.07) is 8.24. The summed E-state index contributed by atoms with van der Waals surface area (Å²) in [6.07, 6.45) is 4.76. The number of nitrogens with zero attached hydrogens (tertiary/aromatic N) is 1. The van der Waals surface area contributed by atoms with E-state index in [1.54, 1.807) is 0 Å². The minimum absolute atomic E-state index is 0.0504. The molecule has 2 rings (SSSR count). The van der Waals surface area contributed by atoms with Gasteiger partial charge in [-0.05, 0) is 37.1 Å². The molecule has 1 heterocycles. The fourth-order valence-corrected chi connectivity index (χ4v) is 2.78. The average molecular weight is 276 g/mol. The fourth-order valence-electron chi connectivity index (χ4n) is 2.78. The van der Waals surface area contributed by atoms with Crippen molar-refractivity contribution in [2.24, 2.45) is 0 Å². The molecule has 1 aliphatic rings. The first kappa shape index (κ1) is 15.0. The number of carbonyl (C=O) groups is 1. The molecular formula is C16H24N2O2. The van der Waals surface area contributed by atoms with Crippen LogP contribution in [0.1, 0.15) is 38.2 Å². The van der Waals surface area contributed by atoms with Crippen LogP contribution in [0.2, 0.25) is 0 Å². The molecule has 2 N–H and O–H groups in total. The Morgan fingerprint density at radius 2 is 2.05 bits per heavy atom. The van der Waals surface area contributed by atoms with Gasteiger partial charge in [-0.1, -0.05) is 25.0 Å². The normalized spacial score (nSPS) is 20.4. The monoisotopic (exact) mass is 276 g/mol. The molecule has 0 spiro atoms. The molecule has 4 heteroatoms. The zero-order chi connectivity index (χ0) is 14.4. The van der Waals surface area contributed by atoms with Crippen molar-refractivity contribution in [2.45, 2.75) is 45.2 Å². The Balaban J connectivity index is 1.98. The summed E-state index contributed by atoms with van der Waals surface area (Å²) in [4.78, 5) is 13.4. The molecule has 0 radical (unpaired) electrons. The smallest absolute Gasteiger partial charge is 0.221 e. The first-order valence-electron chi connectivity index (χ1n) is 7.40. The molecule has 0 aliphatic carbocycles. The summed E-state index contributed by atoms with van der Waals surface area (Å²) in [6.45, 7) is 3.67. The SMILES string of the molecule is CC(=O)Nc1ccc(CN2CCCCCC2CO)cc1. The van der Waals surface area contributed by atoms with Crippen molar-refractivity contribution in [3.63, 3.8) is 0 Å². The van der Waals surface area contributed by atoms with Crippen LogP contribution >= 0.6 is 0 Å². The average Bonchev–Trinajstić information content (AvgIpc) is 2.65. The van der Waals surface area contributed by atoms with Gasteiger partial charge in [-0.25, -0.2) is 0 Å². The molecule has 1 amide bonds. The highest BCUT2D eigenvalue weighted by molar-refractivity contribution is 5.88. The van der Waals surface area contributed by atoms with Gasteiger partial charge in [0, 0.05) is 25.2 Å². The van der Waals surface area contributed by atoms with Crippen LogP contribution < -0.4 is 5.32 Å². The summed E-state index contributed by atoms with van der Waals surface area (Å²) in [5, 5.41) is 12.3. The largest absolute Gasteiger partial charge is 0.395 e. The van der Waals surface area contributed by atoms with E-state index >= 15 is 0 Å². The lowest BCUT2D eigenvalue weighted by Gasteiger charge is -2.28. The second-order valence-electron chi connectivity index (χ2n) is 5.53. The van der Waals surface area contributed by atoms with Gasteiger partial charge in [0.05, 0.1) is 6.61 Å². The van der Waals surface area contributed by atoms with E-state index in [2.05, 4.69) is 10.2 Å². The van der Waals surface area contributed by atoms with Crippen LogP contribution in [0.25, 0.3) is 0 Å². The third kappa shape index (κ3) is 4.32. The quantitative estimate of drug-likeness (QED) is 0.888. The predicted octanol–water partition coefficient (Wildman–Crippen LogP) is 2.38. The van der Waals surface area contributed by atoms with E-state index in [9.17, 15) is 9.90 Å². The number of rotatable bonds is 4. The molecule has 1 aromatic rings. The van der Waals surface area contributed by atoms with Crippen LogP contribution in [-0.2, 0) is 11.3 Å². The third-order valence-electron chi connectivity index (χ3n) is 3.87. The van der Waals surface area contributed by atoms with Crippen molar-refractivity contribution in [1.82, 2.24) is 4.90 Å². The summed E-state index contributed by atoms with van der Waals surface area (Å²) < 4.78 is 0. The van der Waals surface area contributed by atoms with Gasteiger partial charge >= 0.3 is 0 Å². The van der Waals surface area contributed by atoms with Crippen molar-refractivity contribution in [2.75, 3.05) is 18.5 Å². The number of nitrogens with one attached hydrogen (secondary N) is 1. The maximum Gasteiger partial charge on any atom is 0.221 e. The molecule has 1 saturated heterocycles. The van der Waals surface area contributed by atoms with Gasteiger partial charge in [-0.3, -0.25) is 9.69 Å². The van der Waals surface area contributed by atoms with E-state index in [-0.39, 0.29) is 18.6 Å². The van der Waals surface area contributed by atoms with Crippen molar-refractivity contribution in [3.05, 3.63) is 29.8 Å². The molecule has 0 saturated carbocycles. The number of amides is 1. The van der Waals surface area contributed by atoms with Gasteiger partial charge in [-0.2, -0.15) is 0 Å². The minimum Gasteiger partial charge on any atom is -0.395 e. The maximum absolute atomic E-state index is 11.0. The Morgan fingerprint density at radius 3 is 2.70 bits per heavy atom. The molecule has 110 valence electrons. The topological polar surface area (TPSA) is 52.6 Å². The van der Waals surface area contributed by atoms with Gasteiger partial charge in [0.25, 0.3) is 0 Å². The molecule has 1 fully saturated rings. The highest BCUT2D eigenvalue weighted by Crippen LogP contribution is 2.20. The number of anilines is 1. The van der Waals surface area contributed by atoms with Gasteiger partial charge in [0.2, 0.25) is 5.91 Å². The Labute approximate surface area is 120 Å². The lowest BCUT2D eigenvalue weighted by atomic mass is 10.1. The summed E-state index contributed by atoms with van der Waals surface area (Å²) in [7, 11) is 0. The number of aliphatic hydroxyl groups is 1. The Hall–Kier alpha value is -1.39. The Kier molecular flexibility index (Phi) is 5.56. The van der Waals surface area contributed by atoms with E-state index in [4.69, 9.17) is 0 Å². The number of hydrogen-bond acceptors (Lipinski definition) is 3. The summed E-state index contributed by atoms with van der Waals surface area (Å²) in [5.41, 5.74) is 2.05. The zero-order valence-electron chi connectivity index (χ0n) is 12.1. The lowest BCUT2D eigenvalue weighted by Crippen LogP contribution is -2.36. The maximum atomic E-state index is 11.0. The molecule has 0 aromatic heterocycles. The molecule has 4 nitrogen and oxygen atoms in total. The first-order chi connectivity index (χ1) is 9.69. The van der Waals surface area contributed by atoms with E-state index in [1.807, 2.05) is 24.3 Å². The van der Waals surface area contributed by atoms with Crippen LogP contribution in [-0.4, -0.2) is 35.1 Å². The lowest BCUT2D eigenvalue weighted by molar-refractivity contribution is -0.114. The highest BCUT2D eigenvalue weighted by atomic mass is 16.3. The van der Waals surface area contributed by atoms with Crippen molar-refractivity contribution in [1.29, 1.82) is 0 Å². The van der Waals surface area contributed by atoms with Crippen LogP contribution in [0, 0.1) is 0 Å². The molecular weight excluding hydrogens is 252 g/mol. The van der Waals surface area contributed by atoms with Crippen LogP contribution in [0.15, 0.2) is 24.3 Å². The number of likely N-dealkylation sites (tertiary alicyclic amines) is 1. The van der Waals surface area contributed by atoms with Crippen LogP contribution in [0.3, 0.4) is 0 Å². The fraction of sp³-hybridized carbons (Fsp3) is 0.562.